The van der Waals surface area contributed by atoms with E-state index < -0.39 is 0 Å². The molecule has 0 radical (unpaired) electrons. The van der Waals surface area contributed by atoms with E-state index in [1.54, 1.807) is 6.20 Å². The van der Waals surface area contributed by atoms with Crippen molar-refractivity contribution in [3.63, 3.8) is 0 Å². The third-order valence-corrected chi connectivity index (χ3v) is 7.75. The van der Waals surface area contributed by atoms with Crippen LogP contribution in [0.3, 0.4) is 0 Å². The number of pyridine rings is 1. The molecular formula is C35H32ClN3O3. The van der Waals surface area contributed by atoms with Gasteiger partial charge >= 0.3 is 0 Å². The monoisotopic (exact) mass is 577 g/mol. The Morgan fingerprint density at radius 2 is 1.57 bits per heavy atom. The minimum absolute atomic E-state index is 0.113. The van der Waals surface area contributed by atoms with Crippen LogP contribution in [-0.4, -0.2) is 35.0 Å². The van der Waals surface area contributed by atoms with Crippen LogP contribution in [-0.2, 0) is 13.1 Å². The summed E-state index contributed by atoms with van der Waals surface area (Å²) in [5.41, 5.74) is 4.78. The second kappa shape index (κ2) is 13.1. The minimum atomic E-state index is -0.113. The summed E-state index contributed by atoms with van der Waals surface area (Å²) in [5.74, 6) is 2.30. The predicted molar refractivity (Wildman–Crippen MR) is 165 cm³/mol. The number of furan rings is 1. The van der Waals surface area contributed by atoms with Crippen LogP contribution in [0, 0.1) is 0 Å². The molecule has 1 fully saturated rings. The number of hydrogen-bond donors (Lipinski definition) is 1. The average Bonchev–Trinajstić information content (AvgIpc) is 3.51. The van der Waals surface area contributed by atoms with Crippen LogP contribution >= 0.6 is 11.6 Å². The lowest BCUT2D eigenvalue weighted by Gasteiger charge is -2.31. The van der Waals surface area contributed by atoms with Gasteiger partial charge in [0.1, 0.15) is 17.6 Å². The van der Waals surface area contributed by atoms with Crippen LogP contribution in [0.5, 0.6) is 5.88 Å². The molecule has 1 saturated heterocycles. The van der Waals surface area contributed by atoms with Crippen molar-refractivity contribution in [2.75, 3.05) is 13.1 Å². The molecule has 3 heterocycles. The molecule has 3 aromatic carbocycles. The normalized spacial score (nSPS) is 14.0. The van der Waals surface area contributed by atoms with Gasteiger partial charge in [0.2, 0.25) is 5.88 Å². The first-order valence-corrected chi connectivity index (χ1v) is 14.6. The number of ether oxygens (including phenoxy) is 1. The molecule has 1 aliphatic rings. The summed E-state index contributed by atoms with van der Waals surface area (Å²) in [4.78, 5) is 19.5. The molecule has 2 aromatic heterocycles. The quantitative estimate of drug-likeness (QED) is 0.195. The number of benzene rings is 3. The number of rotatable bonds is 9. The Bertz CT molecular complexity index is 1590. The Morgan fingerprint density at radius 1 is 0.857 bits per heavy atom. The third kappa shape index (κ3) is 7.08. The van der Waals surface area contributed by atoms with Gasteiger partial charge in [-0.2, -0.15) is 0 Å². The molecule has 0 aliphatic carbocycles. The van der Waals surface area contributed by atoms with Crippen LogP contribution in [0.4, 0.5) is 0 Å². The van der Waals surface area contributed by atoms with Crippen molar-refractivity contribution < 1.29 is 13.9 Å². The number of nitrogens with one attached hydrogen (secondary N) is 1. The average molecular weight is 578 g/mol. The lowest BCUT2D eigenvalue weighted by atomic mass is 10.0. The fourth-order valence-corrected chi connectivity index (χ4v) is 5.25. The number of hydrogen-bond acceptors (Lipinski definition) is 5. The van der Waals surface area contributed by atoms with Crippen LogP contribution in [0.1, 0.15) is 34.5 Å². The fraction of sp³-hybridized carbons (Fsp3) is 0.200. The smallest absolute Gasteiger partial charge is 0.251 e. The Kier molecular flexibility index (Phi) is 8.64. The number of carbonyl (C=O) groups excluding carboxylic acids is 1. The number of carbonyl (C=O) groups is 1. The molecule has 0 atom stereocenters. The van der Waals surface area contributed by atoms with E-state index in [2.05, 4.69) is 27.3 Å². The molecule has 0 unspecified atom stereocenters. The maximum atomic E-state index is 12.6. The number of piperidine rings is 1. The third-order valence-electron chi connectivity index (χ3n) is 7.50. The van der Waals surface area contributed by atoms with Gasteiger partial charge in [0, 0.05) is 48.0 Å². The highest BCUT2D eigenvalue weighted by atomic mass is 35.5. The molecule has 42 heavy (non-hydrogen) atoms. The van der Waals surface area contributed by atoms with E-state index in [9.17, 15) is 4.79 Å². The molecule has 5 aromatic rings. The highest BCUT2D eigenvalue weighted by Crippen LogP contribution is 2.26. The first kappa shape index (κ1) is 27.8. The number of likely N-dealkylation sites (tertiary alicyclic amines) is 1. The van der Waals surface area contributed by atoms with Gasteiger partial charge < -0.3 is 14.5 Å². The van der Waals surface area contributed by atoms with Crippen molar-refractivity contribution in [2.45, 2.75) is 32.0 Å². The van der Waals surface area contributed by atoms with Gasteiger partial charge in [-0.3, -0.25) is 9.69 Å². The van der Waals surface area contributed by atoms with E-state index in [0.717, 1.165) is 66.3 Å². The summed E-state index contributed by atoms with van der Waals surface area (Å²) in [6, 6.07) is 33.3. The molecule has 0 saturated carbocycles. The van der Waals surface area contributed by atoms with Crippen molar-refractivity contribution in [1.29, 1.82) is 0 Å². The molecule has 0 bridgehead atoms. The maximum Gasteiger partial charge on any atom is 0.251 e. The summed E-state index contributed by atoms with van der Waals surface area (Å²) >= 11 is 6.00. The molecule has 6 nitrogen and oxygen atoms in total. The second-order valence-corrected chi connectivity index (χ2v) is 10.9. The lowest BCUT2D eigenvalue weighted by Crippen LogP contribution is -2.37. The predicted octanol–water partition coefficient (Wildman–Crippen LogP) is 7.64. The standard InChI is InChI=1S/C35H32ClN3O3/c36-30-13-11-28(12-14-30)33-16-15-32(41-33)24-39-20-18-31(19-21-39)42-34-17-6-25(22-37-34)23-38-35(40)29-9-7-27(8-10-29)26-4-2-1-3-5-26/h1-17,22,31H,18-21,23-24H2,(H,38,40). The number of nitrogens with zero attached hydrogens (tertiary/aromatic N) is 2. The van der Waals surface area contributed by atoms with Gasteiger partial charge in [-0.25, -0.2) is 4.98 Å². The number of halogens is 1. The van der Waals surface area contributed by atoms with Crippen molar-refractivity contribution in [3.8, 4) is 28.3 Å². The molecule has 1 amide bonds. The number of amides is 1. The van der Waals surface area contributed by atoms with Crippen molar-refractivity contribution in [2.24, 2.45) is 0 Å². The second-order valence-electron chi connectivity index (χ2n) is 10.5. The summed E-state index contributed by atoms with van der Waals surface area (Å²) in [6.45, 7) is 3.03. The Labute approximate surface area is 250 Å². The molecule has 1 aliphatic heterocycles. The van der Waals surface area contributed by atoms with Gasteiger partial charge in [0.15, 0.2) is 0 Å². The largest absolute Gasteiger partial charge is 0.474 e. The zero-order chi connectivity index (χ0) is 28.7. The van der Waals surface area contributed by atoms with E-state index in [1.807, 2.05) is 91.0 Å². The van der Waals surface area contributed by atoms with E-state index in [0.29, 0.717) is 23.0 Å². The SMILES string of the molecule is O=C(NCc1ccc(OC2CCN(Cc3ccc(-c4ccc(Cl)cc4)o3)CC2)nc1)c1ccc(-c2ccccc2)cc1. The van der Waals surface area contributed by atoms with Gasteiger partial charge in [-0.05, 0) is 78.1 Å². The minimum Gasteiger partial charge on any atom is -0.474 e. The summed E-state index contributed by atoms with van der Waals surface area (Å²) in [5, 5.41) is 3.69. The van der Waals surface area contributed by atoms with E-state index in [4.69, 9.17) is 20.8 Å². The molecule has 1 N–H and O–H groups in total. The van der Waals surface area contributed by atoms with Crippen LogP contribution in [0.15, 0.2) is 114 Å². The van der Waals surface area contributed by atoms with Crippen molar-refractivity contribution in [1.82, 2.24) is 15.2 Å². The summed E-state index contributed by atoms with van der Waals surface area (Å²) < 4.78 is 12.2. The van der Waals surface area contributed by atoms with Crippen LogP contribution in [0.2, 0.25) is 5.02 Å². The van der Waals surface area contributed by atoms with Crippen LogP contribution in [0.25, 0.3) is 22.5 Å². The molecule has 0 spiro atoms. The number of aromatic nitrogens is 1. The topological polar surface area (TPSA) is 67.6 Å². The van der Waals surface area contributed by atoms with Gasteiger partial charge in [0.05, 0.1) is 6.54 Å². The molecule has 7 heteroatoms. The Morgan fingerprint density at radius 3 is 2.29 bits per heavy atom. The van der Waals surface area contributed by atoms with E-state index in [-0.39, 0.29) is 12.0 Å². The molecule has 212 valence electrons. The highest BCUT2D eigenvalue weighted by molar-refractivity contribution is 6.30. The van der Waals surface area contributed by atoms with Crippen LogP contribution < -0.4 is 10.1 Å². The highest BCUT2D eigenvalue weighted by Gasteiger charge is 2.22. The lowest BCUT2D eigenvalue weighted by molar-refractivity contribution is 0.0896. The van der Waals surface area contributed by atoms with Gasteiger partial charge in [-0.1, -0.05) is 60.1 Å². The first-order chi connectivity index (χ1) is 20.6. The zero-order valence-corrected chi connectivity index (χ0v) is 24.0. The molecular weight excluding hydrogens is 546 g/mol. The molecule has 6 rings (SSSR count). The summed E-state index contributed by atoms with van der Waals surface area (Å²) in [6.07, 6.45) is 3.73. The zero-order valence-electron chi connectivity index (χ0n) is 23.2. The van der Waals surface area contributed by atoms with Gasteiger partial charge in [-0.15, -0.1) is 0 Å². The fourth-order valence-electron chi connectivity index (χ4n) is 5.12. The van der Waals surface area contributed by atoms with Crippen molar-refractivity contribution >= 4 is 17.5 Å². The van der Waals surface area contributed by atoms with E-state index in [1.165, 1.54) is 0 Å². The summed E-state index contributed by atoms with van der Waals surface area (Å²) in [7, 11) is 0. The van der Waals surface area contributed by atoms with Gasteiger partial charge in [0.25, 0.3) is 5.91 Å². The Hall–Kier alpha value is -4.39. The van der Waals surface area contributed by atoms with Crippen molar-refractivity contribution in [3.05, 3.63) is 131 Å². The van der Waals surface area contributed by atoms with E-state index >= 15 is 0 Å². The first-order valence-electron chi connectivity index (χ1n) is 14.2. The maximum absolute atomic E-state index is 12.6. The Balaban J connectivity index is 0.934.